The van der Waals surface area contributed by atoms with E-state index in [0.717, 1.165) is 22.6 Å². The second-order valence-electron chi connectivity index (χ2n) is 8.01. The van der Waals surface area contributed by atoms with E-state index in [4.69, 9.17) is 0 Å². The van der Waals surface area contributed by atoms with Crippen molar-refractivity contribution < 1.29 is 9.59 Å². The predicted molar refractivity (Wildman–Crippen MR) is 89.9 cm³/mol. The van der Waals surface area contributed by atoms with E-state index in [1.54, 1.807) is 6.07 Å². The Morgan fingerprint density at radius 3 is 2.22 bits per heavy atom. The molecule has 23 heavy (non-hydrogen) atoms. The van der Waals surface area contributed by atoms with Crippen LogP contribution in [0.25, 0.3) is 0 Å². The molecule has 4 aliphatic carbocycles. The normalized spacial score (nSPS) is 34.4. The number of aryl methyl sites for hydroxylation is 1. The third-order valence-electron chi connectivity index (χ3n) is 5.98. The number of thiophene rings is 1. The SMILES string of the molecule is Cc1ccc(C(=O)NNC(=O)CC23CC4CC(CC(C4)C2)C3)s1. The Morgan fingerprint density at radius 1 is 1.09 bits per heavy atom. The Hall–Kier alpha value is -1.36. The second-order valence-corrected chi connectivity index (χ2v) is 9.29. The van der Waals surface area contributed by atoms with Gasteiger partial charge in [-0.2, -0.15) is 0 Å². The van der Waals surface area contributed by atoms with E-state index in [9.17, 15) is 9.59 Å². The lowest BCUT2D eigenvalue weighted by atomic mass is 9.49. The molecular weight excluding hydrogens is 308 g/mol. The Bertz CT molecular complexity index is 601. The minimum absolute atomic E-state index is 0.0337. The van der Waals surface area contributed by atoms with Crippen LogP contribution in [0.15, 0.2) is 12.1 Å². The zero-order valence-electron chi connectivity index (χ0n) is 13.6. The van der Waals surface area contributed by atoms with Crippen LogP contribution in [0.2, 0.25) is 0 Å². The zero-order chi connectivity index (χ0) is 16.0. The van der Waals surface area contributed by atoms with E-state index in [1.807, 2.05) is 13.0 Å². The van der Waals surface area contributed by atoms with Crippen molar-refractivity contribution in [2.24, 2.45) is 23.2 Å². The number of hydrogen-bond acceptors (Lipinski definition) is 3. The Labute approximate surface area is 141 Å². The highest BCUT2D eigenvalue weighted by molar-refractivity contribution is 7.13. The first-order valence-corrected chi connectivity index (χ1v) is 9.49. The Kier molecular flexibility index (Phi) is 3.71. The molecular formula is C18H24N2O2S. The van der Waals surface area contributed by atoms with Gasteiger partial charge in [0.2, 0.25) is 5.91 Å². The monoisotopic (exact) mass is 332 g/mol. The molecule has 1 aromatic heterocycles. The molecule has 0 spiro atoms. The van der Waals surface area contributed by atoms with Gasteiger partial charge in [-0.25, -0.2) is 0 Å². The molecule has 0 atom stereocenters. The van der Waals surface area contributed by atoms with Crippen LogP contribution in [-0.2, 0) is 4.79 Å². The largest absolute Gasteiger partial charge is 0.279 e. The molecule has 0 aliphatic heterocycles. The number of amides is 2. The molecule has 2 amide bonds. The molecule has 0 radical (unpaired) electrons. The van der Waals surface area contributed by atoms with Gasteiger partial charge in [0.05, 0.1) is 4.88 Å². The highest BCUT2D eigenvalue weighted by atomic mass is 32.1. The Morgan fingerprint density at radius 2 is 1.70 bits per heavy atom. The van der Waals surface area contributed by atoms with Crippen LogP contribution in [0.1, 0.15) is 59.5 Å². The van der Waals surface area contributed by atoms with Gasteiger partial charge in [0.1, 0.15) is 0 Å². The standard InChI is InChI=1S/C18H24N2O2S/c1-11-2-3-15(23-11)17(22)20-19-16(21)10-18-7-12-4-13(8-18)6-14(5-12)9-18/h2-3,12-14H,4-10H2,1H3,(H,19,21)(H,20,22). The number of hydrazine groups is 1. The number of hydrogen-bond donors (Lipinski definition) is 2. The van der Waals surface area contributed by atoms with Crippen LogP contribution in [0.3, 0.4) is 0 Å². The van der Waals surface area contributed by atoms with Crippen molar-refractivity contribution in [1.29, 1.82) is 0 Å². The number of carbonyl (C=O) groups is 2. The second kappa shape index (κ2) is 5.62. The quantitative estimate of drug-likeness (QED) is 0.833. The van der Waals surface area contributed by atoms with Crippen LogP contribution in [-0.4, -0.2) is 11.8 Å². The minimum atomic E-state index is -0.220. The number of rotatable bonds is 3. The average Bonchev–Trinajstić information content (AvgIpc) is 2.89. The van der Waals surface area contributed by atoms with Crippen LogP contribution in [0.5, 0.6) is 0 Å². The van der Waals surface area contributed by atoms with Gasteiger partial charge in [0, 0.05) is 11.3 Å². The van der Waals surface area contributed by atoms with Gasteiger partial charge < -0.3 is 0 Å². The maximum absolute atomic E-state index is 12.3. The summed E-state index contributed by atoms with van der Waals surface area (Å²) in [5, 5.41) is 0. The first-order valence-electron chi connectivity index (χ1n) is 8.67. The summed E-state index contributed by atoms with van der Waals surface area (Å²) >= 11 is 1.44. The van der Waals surface area contributed by atoms with Gasteiger partial charge in [-0.05, 0) is 80.8 Å². The van der Waals surface area contributed by atoms with E-state index in [2.05, 4.69) is 10.9 Å². The highest BCUT2D eigenvalue weighted by Gasteiger charge is 2.51. The maximum Gasteiger partial charge on any atom is 0.279 e. The smallest absolute Gasteiger partial charge is 0.273 e. The van der Waals surface area contributed by atoms with Crippen molar-refractivity contribution in [2.75, 3.05) is 0 Å². The fourth-order valence-electron chi connectivity index (χ4n) is 5.64. The average molecular weight is 332 g/mol. The highest BCUT2D eigenvalue weighted by Crippen LogP contribution is 2.61. The summed E-state index contributed by atoms with van der Waals surface area (Å²) in [4.78, 5) is 26.1. The summed E-state index contributed by atoms with van der Waals surface area (Å²) < 4.78 is 0. The molecule has 0 aromatic carbocycles. The molecule has 4 fully saturated rings. The Balaban J connectivity index is 1.33. The van der Waals surface area contributed by atoms with Gasteiger partial charge in [0.15, 0.2) is 0 Å². The number of carbonyl (C=O) groups excluding carboxylic acids is 2. The zero-order valence-corrected chi connectivity index (χ0v) is 14.4. The van der Waals surface area contributed by atoms with Gasteiger partial charge in [-0.1, -0.05) is 0 Å². The molecule has 5 rings (SSSR count). The van der Waals surface area contributed by atoms with E-state index < -0.39 is 0 Å². The molecule has 4 aliphatic rings. The summed E-state index contributed by atoms with van der Waals surface area (Å²) in [7, 11) is 0. The molecule has 5 heteroatoms. The van der Waals surface area contributed by atoms with Crippen LogP contribution >= 0.6 is 11.3 Å². The lowest BCUT2D eigenvalue weighted by molar-refractivity contribution is -0.130. The van der Waals surface area contributed by atoms with Gasteiger partial charge in [-0.3, -0.25) is 20.4 Å². The molecule has 4 bridgehead atoms. The van der Waals surface area contributed by atoms with Crippen molar-refractivity contribution in [2.45, 2.75) is 51.9 Å². The fraction of sp³-hybridized carbons (Fsp3) is 0.667. The third-order valence-corrected chi connectivity index (χ3v) is 6.98. The number of nitrogens with one attached hydrogen (secondary N) is 2. The van der Waals surface area contributed by atoms with Crippen molar-refractivity contribution in [3.8, 4) is 0 Å². The van der Waals surface area contributed by atoms with E-state index >= 15 is 0 Å². The summed E-state index contributed by atoms with van der Waals surface area (Å²) in [6, 6.07) is 3.71. The summed E-state index contributed by atoms with van der Waals surface area (Å²) in [5.41, 5.74) is 5.41. The van der Waals surface area contributed by atoms with Crippen LogP contribution < -0.4 is 10.9 Å². The van der Waals surface area contributed by atoms with E-state index in [-0.39, 0.29) is 17.2 Å². The van der Waals surface area contributed by atoms with Crippen molar-refractivity contribution in [3.63, 3.8) is 0 Å². The fourth-order valence-corrected chi connectivity index (χ4v) is 6.40. The molecule has 0 saturated heterocycles. The molecule has 2 N–H and O–H groups in total. The molecule has 4 nitrogen and oxygen atoms in total. The van der Waals surface area contributed by atoms with Crippen molar-refractivity contribution >= 4 is 23.2 Å². The molecule has 4 saturated carbocycles. The van der Waals surface area contributed by atoms with E-state index in [0.29, 0.717) is 11.3 Å². The molecule has 1 heterocycles. The predicted octanol–water partition coefficient (Wildman–Crippen LogP) is 3.42. The summed E-state index contributed by atoms with van der Waals surface area (Å²) in [6.07, 6.45) is 8.36. The molecule has 0 unspecified atom stereocenters. The minimum Gasteiger partial charge on any atom is -0.273 e. The topological polar surface area (TPSA) is 58.2 Å². The first-order chi connectivity index (χ1) is 11.0. The lowest BCUT2D eigenvalue weighted by Gasteiger charge is -2.56. The van der Waals surface area contributed by atoms with Crippen LogP contribution in [0.4, 0.5) is 0 Å². The third kappa shape index (κ3) is 3.03. The molecule has 1 aromatic rings. The summed E-state index contributed by atoms with van der Waals surface area (Å²) in [5.74, 6) is 2.28. The van der Waals surface area contributed by atoms with Crippen molar-refractivity contribution in [3.05, 3.63) is 21.9 Å². The van der Waals surface area contributed by atoms with Crippen LogP contribution in [0, 0.1) is 30.1 Å². The van der Waals surface area contributed by atoms with Gasteiger partial charge in [0.25, 0.3) is 5.91 Å². The summed E-state index contributed by atoms with van der Waals surface area (Å²) in [6.45, 7) is 1.97. The first kappa shape index (κ1) is 15.2. The van der Waals surface area contributed by atoms with Crippen molar-refractivity contribution in [1.82, 2.24) is 10.9 Å². The van der Waals surface area contributed by atoms with Gasteiger partial charge >= 0.3 is 0 Å². The van der Waals surface area contributed by atoms with E-state index in [1.165, 1.54) is 49.9 Å². The maximum atomic E-state index is 12.3. The molecule has 124 valence electrons. The van der Waals surface area contributed by atoms with Gasteiger partial charge in [-0.15, -0.1) is 11.3 Å². The lowest BCUT2D eigenvalue weighted by Crippen LogP contribution is -2.50.